The highest BCUT2D eigenvalue weighted by Crippen LogP contribution is 2.25. The molecule has 5 nitrogen and oxygen atoms in total. The molecule has 2 rings (SSSR count). The van der Waals surface area contributed by atoms with Gasteiger partial charge < -0.3 is 4.74 Å². The van der Waals surface area contributed by atoms with Gasteiger partial charge in [-0.25, -0.2) is 13.6 Å². The van der Waals surface area contributed by atoms with Crippen LogP contribution < -0.4 is 9.88 Å². The fraction of sp³-hybridized carbons (Fsp3) is 0. The van der Waals surface area contributed by atoms with Gasteiger partial charge in [-0.3, -0.25) is 0 Å². The standard InChI is InChI=1S/C13H10N2O3S/c14-9-10-3-1-2-4-13(10)18-11-5-7-12(8-6-11)19(15,16)17/h1-8H,(H2,15,16,17). The molecule has 0 radical (unpaired) electrons. The van der Waals surface area contributed by atoms with Gasteiger partial charge in [0.15, 0.2) is 0 Å². The molecule has 0 bridgehead atoms. The van der Waals surface area contributed by atoms with Crippen molar-refractivity contribution in [3.05, 3.63) is 54.1 Å². The van der Waals surface area contributed by atoms with Gasteiger partial charge in [-0.05, 0) is 36.4 Å². The Morgan fingerprint density at radius 2 is 1.68 bits per heavy atom. The van der Waals surface area contributed by atoms with Gasteiger partial charge in [0.05, 0.1) is 10.5 Å². The van der Waals surface area contributed by atoms with Crippen molar-refractivity contribution in [1.82, 2.24) is 0 Å². The van der Waals surface area contributed by atoms with Crippen LogP contribution >= 0.6 is 0 Å². The minimum Gasteiger partial charge on any atom is -0.456 e. The molecule has 0 aliphatic carbocycles. The molecular weight excluding hydrogens is 264 g/mol. The average molecular weight is 274 g/mol. The van der Waals surface area contributed by atoms with Crippen LogP contribution in [0.1, 0.15) is 5.56 Å². The molecule has 0 spiro atoms. The summed E-state index contributed by atoms with van der Waals surface area (Å²) in [5, 5.41) is 13.9. The zero-order valence-corrected chi connectivity index (χ0v) is 10.6. The Kier molecular flexibility index (Phi) is 3.51. The normalized spacial score (nSPS) is 10.7. The van der Waals surface area contributed by atoms with E-state index in [-0.39, 0.29) is 4.90 Å². The van der Waals surface area contributed by atoms with Crippen molar-refractivity contribution >= 4 is 10.0 Å². The van der Waals surface area contributed by atoms with Crippen molar-refractivity contribution in [1.29, 1.82) is 5.26 Å². The molecule has 0 aromatic heterocycles. The van der Waals surface area contributed by atoms with Crippen LogP contribution in [0.25, 0.3) is 0 Å². The van der Waals surface area contributed by atoms with Crippen LogP contribution in [0.4, 0.5) is 0 Å². The highest BCUT2D eigenvalue weighted by molar-refractivity contribution is 7.89. The van der Waals surface area contributed by atoms with Gasteiger partial charge in [0.25, 0.3) is 0 Å². The third-order valence-electron chi connectivity index (χ3n) is 2.39. The number of para-hydroxylation sites is 1. The molecule has 2 aromatic rings. The first kappa shape index (κ1) is 13.1. The number of ether oxygens (including phenoxy) is 1. The first-order chi connectivity index (χ1) is 9.00. The van der Waals surface area contributed by atoms with Crippen LogP contribution in [0.15, 0.2) is 53.4 Å². The van der Waals surface area contributed by atoms with Crippen LogP contribution in [-0.2, 0) is 10.0 Å². The number of hydrogen-bond acceptors (Lipinski definition) is 4. The Hall–Kier alpha value is -2.36. The van der Waals surface area contributed by atoms with Crippen molar-refractivity contribution in [2.24, 2.45) is 5.14 Å². The van der Waals surface area contributed by atoms with Crippen molar-refractivity contribution in [3.8, 4) is 17.6 Å². The Morgan fingerprint density at radius 1 is 1.05 bits per heavy atom. The van der Waals surface area contributed by atoms with Crippen molar-refractivity contribution in [2.75, 3.05) is 0 Å². The fourth-order valence-electron chi connectivity index (χ4n) is 1.47. The summed E-state index contributed by atoms with van der Waals surface area (Å²) in [6.45, 7) is 0. The second kappa shape index (κ2) is 5.10. The van der Waals surface area contributed by atoms with Gasteiger partial charge in [-0.15, -0.1) is 0 Å². The second-order valence-electron chi connectivity index (χ2n) is 3.73. The maximum atomic E-state index is 11.1. The molecule has 0 saturated carbocycles. The van der Waals surface area contributed by atoms with Crippen LogP contribution in [0.3, 0.4) is 0 Å². The van der Waals surface area contributed by atoms with Crippen LogP contribution in [0.5, 0.6) is 11.5 Å². The van der Waals surface area contributed by atoms with Gasteiger partial charge in [-0.2, -0.15) is 5.26 Å². The zero-order valence-electron chi connectivity index (χ0n) is 9.78. The van der Waals surface area contributed by atoms with E-state index in [1.807, 2.05) is 6.07 Å². The number of nitrogens with two attached hydrogens (primary N) is 1. The molecule has 0 fully saturated rings. The van der Waals surface area contributed by atoms with E-state index in [1.54, 1.807) is 24.3 Å². The number of benzene rings is 2. The second-order valence-corrected chi connectivity index (χ2v) is 5.29. The number of nitrogens with zero attached hydrogens (tertiary/aromatic N) is 1. The molecule has 19 heavy (non-hydrogen) atoms. The summed E-state index contributed by atoms with van der Waals surface area (Å²) in [6.07, 6.45) is 0. The molecule has 0 heterocycles. The Labute approximate surface area is 110 Å². The van der Waals surface area contributed by atoms with E-state index in [2.05, 4.69) is 0 Å². The number of sulfonamides is 1. The predicted molar refractivity (Wildman–Crippen MR) is 69.0 cm³/mol. The Bertz CT molecular complexity index is 731. The summed E-state index contributed by atoms with van der Waals surface area (Å²) >= 11 is 0. The van der Waals surface area contributed by atoms with Crippen molar-refractivity contribution < 1.29 is 13.2 Å². The Morgan fingerprint density at radius 3 is 2.26 bits per heavy atom. The lowest BCUT2D eigenvalue weighted by Gasteiger charge is -2.07. The van der Waals surface area contributed by atoms with E-state index >= 15 is 0 Å². The smallest absolute Gasteiger partial charge is 0.238 e. The highest BCUT2D eigenvalue weighted by Gasteiger charge is 2.08. The van der Waals surface area contributed by atoms with E-state index in [0.29, 0.717) is 17.1 Å². The van der Waals surface area contributed by atoms with E-state index in [9.17, 15) is 8.42 Å². The molecular formula is C13H10N2O3S. The summed E-state index contributed by atoms with van der Waals surface area (Å²) in [6, 6.07) is 14.4. The third-order valence-corrected chi connectivity index (χ3v) is 3.32. The molecule has 2 aromatic carbocycles. The van der Waals surface area contributed by atoms with Gasteiger partial charge >= 0.3 is 0 Å². The number of nitriles is 1. The van der Waals surface area contributed by atoms with Crippen molar-refractivity contribution in [2.45, 2.75) is 4.90 Å². The van der Waals surface area contributed by atoms with Crippen LogP contribution in [0, 0.1) is 11.3 Å². The summed E-state index contributed by atoms with van der Waals surface area (Å²) in [5.41, 5.74) is 0.401. The zero-order chi connectivity index (χ0) is 13.9. The highest BCUT2D eigenvalue weighted by atomic mass is 32.2. The van der Waals surface area contributed by atoms with E-state index < -0.39 is 10.0 Å². The average Bonchev–Trinajstić information content (AvgIpc) is 2.39. The molecule has 0 saturated heterocycles. The minimum absolute atomic E-state index is 0.00779. The maximum absolute atomic E-state index is 11.1. The topological polar surface area (TPSA) is 93.2 Å². The molecule has 96 valence electrons. The summed E-state index contributed by atoms with van der Waals surface area (Å²) in [5.74, 6) is 0.837. The van der Waals surface area contributed by atoms with Gasteiger partial charge in [0, 0.05) is 0 Å². The van der Waals surface area contributed by atoms with Gasteiger partial charge in [0.2, 0.25) is 10.0 Å². The number of rotatable bonds is 3. The fourth-order valence-corrected chi connectivity index (χ4v) is 1.99. The summed E-state index contributed by atoms with van der Waals surface area (Å²) in [7, 11) is -3.71. The summed E-state index contributed by atoms with van der Waals surface area (Å²) < 4.78 is 27.7. The van der Waals surface area contributed by atoms with E-state index in [4.69, 9.17) is 15.1 Å². The van der Waals surface area contributed by atoms with Gasteiger partial charge in [0.1, 0.15) is 17.6 Å². The lowest BCUT2D eigenvalue weighted by molar-refractivity contribution is 0.480. The number of hydrogen-bond donors (Lipinski definition) is 1. The first-order valence-corrected chi connectivity index (χ1v) is 6.85. The van der Waals surface area contributed by atoms with Crippen molar-refractivity contribution in [3.63, 3.8) is 0 Å². The lowest BCUT2D eigenvalue weighted by Crippen LogP contribution is -2.11. The third kappa shape index (κ3) is 3.10. The lowest BCUT2D eigenvalue weighted by atomic mass is 10.2. The predicted octanol–water partition coefficient (Wildman–Crippen LogP) is 2.00. The maximum Gasteiger partial charge on any atom is 0.238 e. The molecule has 0 atom stereocenters. The Balaban J connectivity index is 2.28. The monoisotopic (exact) mass is 274 g/mol. The minimum atomic E-state index is -3.71. The first-order valence-electron chi connectivity index (χ1n) is 5.30. The van der Waals surface area contributed by atoms with Crippen LogP contribution in [-0.4, -0.2) is 8.42 Å². The van der Waals surface area contributed by atoms with Crippen LogP contribution in [0.2, 0.25) is 0 Å². The molecule has 0 aliphatic heterocycles. The molecule has 6 heteroatoms. The molecule has 0 unspecified atom stereocenters. The van der Waals surface area contributed by atoms with E-state index in [0.717, 1.165) is 0 Å². The molecule has 0 aliphatic rings. The SMILES string of the molecule is N#Cc1ccccc1Oc1ccc(S(N)(=O)=O)cc1. The van der Waals surface area contributed by atoms with Gasteiger partial charge in [-0.1, -0.05) is 12.1 Å². The number of primary sulfonamides is 1. The largest absolute Gasteiger partial charge is 0.456 e. The quantitative estimate of drug-likeness (QED) is 0.926. The summed E-state index contributed by atoms with van der Waals surface area (Å²) in [4.78, 5) is 0.00779. The van der Waals surface area contributed by atoms with E-state index in [1.165, 1.54) is 24.3 Å². The molecule has 0 amide bonds. The molecule has 2 N–H and O–H groups in total.